The summed E-state index contributed by atoms with van der Waals surface area (Å²) < 4.78 is 0. The summed E-state index contributed by atoms with van der Waals surface area (Å²) >= 11 is 5.92. The molecule has 1 N–H and O–H groups in total. The Bertz CT molecular complexity index is 442. The van der Waals surface area contributed by atoms with Crippen LogP contribution >= 0.6 is 11.6 Å². The molecule has 2 atom stereocenters. The molecule has 15 heavy (non-hydrogen) atoms. The van der Waals surface area contributed by atoms with Crippen LogP contribution in [0.15, 0.2) is 24.3 Å². The van der Waals surface area contributed by atoms with Gasteiger partial charge in [-0.2, -0.15) is 0 Å². The minimum atomic E-state index is -0.522. The molecule has 2 heteroatoms. The fourth-order valence-corrected chi connectivity index (χ4v) is 2.06. The van der Waals surface area contributed by atoms with Crippen molar-refractivity contribution in [3.05, 3.63) is 40.4 Å². The van der Waals surface area contributed by atoms with Gasteiger partial charge in [0.1, 0.15) is 0 Å². The second kappa shape index (κ2) is 4.10. The molecule has 76 valence electrons. The van der Waals surface area contributed by atoms with E-state index in [1.165, 1.54) is 0 Å². The highest BCUT2D eigenvalue weighted by Crippen LogP contribution is 2.35. The van der Waals surface area contributed by atoms with Gasteiger partial charge in [-0.05, 0) is 23.3 Å². The Balaban J connectivity index is 2.31. The van der Waals surface area contributed by atoms with E-state index in [0.29, 0.717) is 11.4 Å². The van der Waals surface area contributed by atoms with Crippen molar-refractivity contribution >= 4 is 17.7 Å². The maximum Gasteiger partial charge on any atom is 0.0752 e. The van der Waals surface area contributed by atoms with E-state index in [1.807, 2.05) is 30.4 Å². The first-order valence-corrected chi connectivity index (χ1v) is 5.19. The zero-order valence-electron chi connectivity index (χ0n) is 8.15. The van der Waals surface area contributed by atoms with E-state index in [2.05, 4.69) is 5.92 Å². The van der Waals surface area contributed by atoms with Crippen molar-refractivity contribution in [1.29, 1.82) is 0 Å². The van der Waals surface area contributed by atoms with Crippen molar-refractivity contribution in [3.8, 4) is 12.3 Å². The molecule has 0 radical (unpaired) electrons. The number of benzene rings is 1. The zero-order valence-corrected chi connectivity index (χ0v) is 8.91. The minimum absolute atomic E-state index is 0.0188. The lowest BCUT2D eigenvalue weighted by Gasteiger charge is -2.16. The molecule has 0 spiro atoms. The molecule has 0 amide bonds. The summed E-state index contributed by atoms with van der Waals surface area (Å²) in [5, 5.41) is 10.5. The first-order chi connectivity index (χ1) is 7.22. The summed E-state index contributed by atoms with van der Waals surface area (Å²) in [6.07, 6.45) is 9.00. The minimum Gasteiger partial charge on any atom is -0.391 e. The Morgan fingerprint density at radius 1 is 1.53 bits per heavy atom. The van der Waals surface area contributed by atoms with Crippen LogP contribution < -0.4 is 0 Å². The van der Waals surface area contributed by atoms with Gasteiger partial charge in [-0.15, -0.1) is 12.3 Å². The van der Waals surface area contributed by atoms with Crippen LogP contribution in [0.25, 0.3) is 6.08 Å². The van der Waals surface area contributed by atoms with E-state index in [0.717, 1.165) is 11.1 Å². The number of hydrogen-bond donors (Lipinski definition) is 1. The Kier molecular flexibility index (Phi) is 2.81. The topological polar surface area (TPSA) is 20.2 Å². The highest BCUT2D eigenvalue weighted by molar-refractivity contribution is 6.30. The fraction of sp³-hybridized carbons (Fsp3) is 0.231. The summed E-state index contributed by atoms with van der Waals surface area (Å²) in [5.74, 6) is 2.45. The van der Waals surface area contributed by atoms with Gasteiger partial charge < -0.3 is 5.11 Å². The molecule has 0 saturated heterocycles. The van der Waals surface area contributed by atoms with Gasteiger partial charge in [0, 0.05) is 17.4 Å². The molecule has 0 aromatic heterocycles. The largest absolute Gasteiger partial charge is 0.391 e. The van der Waals surface area contributed by atoms with Crippen molar-refractivity contribution in [2.75, 3.05) is 0 Å². The van der Waals surface area contributed by atoms with Gasteiger partial charge >= 0.3 is 0 Å². The molecule has 2 unspecified atom stereocenters. The van der Waals surface area contributed by atoms with Crippen molar-refractivity contribution < 1.29 is 5.11 Å². The van der Waals surface area contributed by atoms with Gasteiger partial charge in [0.15, 0.2) is 0 Å². The molecular formula is C13H11ClO. The maximum absolute atomic E-state index is 9.85. The third-order valence-corrected chi connectivity index (χ3v) is 2.87. The number of hydrogen-bond acceptors (Lipinski definition) is 1. The smallest absolute Gasteiger partial charge is 0.0752 e. The van der Waals surface area contributed by atoms with Crippen LogP contribution in [0.3, 0.4) is 0 Å². The van der Waals surface area contributed by atoms with E-state index >= 15 is 0 Å². The van der Waals surface area contributed by atoms with Crippen LogP contribution in [-0.2, 0) is 0 Å². The van der Waals surface area contributed by atoms with Crippen LogP contribution in [-0.4, -0.2) is 11.2 Å². The van der Waals surface area contributed by atoms with Crippen LogP contribution in [0.4, 0.5) is 0 Å². The van der Waals surface area contributed by atoms with Crippen LogP contribution in [0.1, 0.15) is 23.5 Å². The molecule has 0 heterocycles. The number of terminal acetylenes is 1. The van der Waals surface area contributed by atoms with Gasteiger partial charge in [0.2, 0.25) is 0 Å². The summed E-state index contributed by atoms with van der Waals surface area (Å²) in [4.78, 5) is 0. The number of fused-ring (bicyclic) bond motifs is 1. The lowest BCUT2D eigenvalue weighted by molar-refractivity contribution is 0.165. The summed E-state index contributed by atoms with van der Waals surface area (Å²) in [5.41, 5.74) is 2.17. The monoisotopic (exact) mass is 218 g/mol. The third kappa shape index (κ3) is 1.92. The first kappa shape index (κ1) is 10.3. The van der Waals surface area contributed by atoms with Crippen LogP contribution in [0.2, 0.25) is 5.02 Å². The predicted octanol–water partition coefficient (Wildman–Crippen LogP) is 2.83. The Labute approximate surface area is 94.4 Å². The maximum atomic E-state index is 9.85. The average molecular weight is 219 g/mol. The second-order valence-corrected chi connectivity index (χ2v) is 4.07. The Hall–Kier alpha value is -1.23. The van der Waals surface area contributed by atoms with E-state index < -0.39 is 6.10 Å². The normalized spacial score (nSPS) is 19.7. The molecule has 0 bridgehead atoms. The van der Waals surface area contributed by atoms with Crippen molar-refractivity contribution in [3.63, 3.8) is 0 Å². The molecule has 0 fully saturated rings. The lowest BCUT2D eigenvalue weighted by atomic mass is 9.94. The zero-order chi connectivity index (χ0) is 10.8. The highest BCUT2D eigenvalue weighted by Gasteiger charge is 2.23. The van der Waals surface area contributed by atoms with E-state index in [4.69, 9.17) is 18.0 Å². The standard InChI is InChI=1S/C13H11ClO/c1-2-3-13(15)11-7-5-9-4-6-10(14)8-12(9)11/h1,4-8,11,13,15H,3H2. The molecule has 1 aliphatic carbocycles. The average Bonchev–Trinajstić information content (AvgIpc) is 2.60. The number of rotatable bonds is 2. The molecule has 1 aromatic carbocycles. The SMILES string of the molecule is C#CCC(O)C1C=Cc2ccc(Cl)cc21. The molecule has 1 aliphatic rings. The van der Waals surface area contributed by atoms with Crippen molar-refractivity contribution in [1.82, 2.24) is 0 Å². The predicted molar refractivity (Wildman–Crippen MR) is 62.7 cm³/mol. The van der Waals surface area contributed by atoms with E-state index in [9.17, 15) is 5.11 Å². The van der Waals surface area contributed by atoms with Crippen molar-refractivity contribution in [2.24, 2.45) is 0 Å². The van der Waals surface area contributed by atoms with Gasteiger partial charge in [-0.3, -0.25) is 0 Å². The van der Waals surface area contributed by atoms with Gasteiger partial charge in [0.25, 0.3) is 0 Å². The molecular weight excluding hydrogens is 208 g/mol. The summed E-state index contributed by atoms with van der Waals surface area (Å²) in [6, 6.07) is 5.69. The molecule has 1 aromatic rings. The number of aliphatic hydroxyl groups excluding tert-OH is 1. The van der Waals surface area contributed by atoms with Gasteiger partial charge in [-0.1, -0.05) is 29.8 Å². The lowest BCUT2D eigenvalue weighted by Crippen LogP contribution is -2.14. The quantitative estimate of drug-likeness (QED) is 0.757. The highest BCUT2D eigenvalue weighted by atomic mass is 35.5. The molecule has 0 aliphatic heterocycles. The van der Waals surface area contributed by atoms with Crippen LogP contribution in [0, 0.1) is 12.3 Å². The molecule has 0 saturated carbocycles. The first-order valence-electron chi connectivity index (χ1n) is 4.81. The Morgan fingerprint density at radius 2 is 2.33 bits per heavy atom. The fourth-order valence-electron chi connectivity index (χ4n) is 1.88. The summed E-state index contributed by atoms with van der Waals surface area (Å²) in [6.45, 7) is 0. The molecule has 1 nitrogen and oxygen atoms in total. The van der Waals surface area contributed by atoms with Gasteiger partial charge in [-0.25, -0.2) is 0 Å². The van der Waals surface area contributed by atoms with E-state index in [-0.39, 0.29) is 5.92 Å². The third-order valence-electron chi connectivity index (χ3n) is 2.63. The Morgan fingerprint density at radius 3 is 3.07 bits per heavy atom. The van der Waals surface area contributed by atoms with Crippen LogP contribution in [0.5, 0.6) is 0 Å². The van der Waals surface area contributed by atoms with E-state index in [1.54, 1.807) is 0 Å². The van der Waals surface area contributed by atoms with Gasteiger partial charge in [0.05, 0.1) is 6.10 Å². The number of aliphatic hydroxyl groups is 1. The van der Waals surface area contributed by atoms with Crippen molar-refractivity contribution in [2.45, 2.75) is 18.4 Å². The molecule has 2 rings (SSSR count). The summed E-state index contributed by atoms with van der Waals surface area (Å²) in [7, 11) is 0. The second-order valence-electron chi connectivity index (χ2n) is 3.63. The number of halogens is 1.